The molecule has 32 heavy (non-hydrogen) atoms. The number of nitrogens with zero attached hydrogens (tertiary/aromatic N) is 2. The van der Waals surface area contributed by atoms with Crippen molar-refractivity contribution in [1.29, 1.82) is 0 Å². The predicted molar refractivity (Wildman–Crippen MR) is 120 cm³/mol. The van der Waals surface area contributed by atoms with Crippen LogP contribution in [0, 0.1) is 5.82 Å². The first-order valence-corrected chi connectivity index (χ1v) is 10.6. The number of pyridine rings is 1. The maximum Gasteiger partial charge on any atom is 0.251 e. The molecular weight excluding hydrogens is 436 g/mol. The predicted octanol–water partition coefficient (Wildman–Crippen LogP) is 4.22. The fourth-order valence-corrected chi connectivity index (χ4v) is 4.16. The first-order valence-electron chi connectivity index (χ1n) is 10.3. The molecule has 3 aromatic rings. The maximum atomic E-state index is 13.7. The van der Waals surface area contributed by atoms with E-state index in [1.165, 1.54) is 12.1 Å². The molecule has 1 aromatic heterocycles. The Bertz CT molecular complexity index is 1120. The van der Waals surface area contributed by atoms with Crippen LogP contribution in [-0.2, 0) is 12.8 Å². The van der Waals surface area contributed by atoms with Gasteiger partial charge in [0.1, 0.15) is 17.8 Å². The largest absolute Gasteiger partial charge is 0.393 e. The Morgan fingerprint density at radius 3 is 2.84 bits per heavy atom. The monoisotopic (exact) mass is 457 g/mol. The van der Waals surface area contributed by atoms with Crippen LogP contribution in [-0.4, -0.2) is 41.9 Å². The number of carbonyl (C=O) groups is 1. The molecule has 1 aliphatic heterocycles. The molecule has 5 nitrogen and oxygen atoms in total. The van der Waals surface area contributed by atoms with Crippen LogP contribution in [0.25, 0.3) is 0 Å². The van der Waals surface area contributed by atoms with Crippen molar-refractivity contribution in [2.24, 2.45) is 0 Å². The molecule has 0 saturated heterocycles. The lowest BCUT2D eigenvalue weighted by atomic mass is 10.0. The van der Waals surface area contributed by atoms with Crippen molar-refractivity contribution in [3.8, 4) is 0 Å². The molecule has 0 unspecified atom stereocenters. The van der Waals surface area contributed by atoms with Crippen molar-refractivity contribution in [3.63, 3.8) is 0 Å². The molecule has 1 atom stereocenters. The Kier molecular flexibility index (Phi) is 6.67. The van der Waals surface area contributed by atoms with E-state index in [1.54, 1.807) is 24.4 Å². The molecule has 0 fully saturated rings. The molecule has 0 saturated carbocycles. The second-order valence-corrected chi connectivity index (χ2v) is 8.11. The van der Waals surface area contributed by atoms with Gasteiger partial charge in [-0.15, -0.1) is 0 Å². The highest BCUT2D eigenvalue weighted by Gasteiger charge is 2.26. The Balaban J connectivity index is 1.56. The molecule has 0 radical (unpaired) electrons. The first kappa shape index (κ1) is 22.2. The third-order valence-electron chi connectivity index (χ3n) is 5.37. The smallest absolute Gasteiger partial charge is 0.251 e. The number of aromatic nitrogens is 1. The van der Waals surface area contributed by atoms with Crippen molar-refractivity contribution in [2.75, 3.05) is 24.6 Å². The van der Waals surface area contributed by atoms with Crippen LogP contribution in [0.2, 0.25) is 5.02 Å². The van der Waals surface area contributed by atoms with Crippen LogP contribution in [0.4, 0.5) is 20.3 Å². The third kappa shape index (κ3) is 4.89. The molecule has 2 aromatic carbocycles. The number of carbonyl (C=O) groups excluding carboxylic acids is 1. The number of amides is 1. The average Bonchev–Trinajstić information content (AvgIpc) is 3.21. The van der Waals surface area contributed by atoms with Gasteiger partial charge in [0, 0.05) is 29.0 Å². The second kappa shape index (κ2) is 9.63. The van der Waals surface area contributed by atoms with E-state index >= 15 is 0 Å². The molecule has 2 N–H and O–H groups in total. The summed E-state index contributed by atoms with van der Waals surface area (Å²) in [4.78, 5) is 19.1. The number of rotatable bonds is 7. The number of hydrogen-bond donors (Lipinski definition) is 2. The highest BCUT2D eigenvalue weighted by molar-refractivity contribution is 6.30. The summed E-state index contributed by atoms with van der Waals surface area (Å²) in [5, 5.41) is 11.7. The topological polar surface area (TPSA) is 65.5 Å². The minimum atomic E-state index is -1.49. The van der Waals surface area contributed by atoms with Crippen LogP contribution in [0.5, 0.6) is 0 Å². The number of benzene rings is 2. The number of aliphatic hydroxyl groups is 1. The average molecular weight is 458 g/mol. The molecule has 0 bridgehead atoms. The van der Waals surface area contributed by atoms with Gasteiger partial charge in [-0.25, -0.2) is 13.8 Å². The fourth-order valence-electron chi connectivity index (χ4n) is 3.92. The molecule has 4 rings (SSSR count). The van der Waals surface area contributed by atoms with Crippen molar-refractivity contribution >= 4 is 29.0 Å². The van der Waals surface area contributed by atoms with E-state index in [4.69, 9.17) is 16.7 Å². The standard InChI is InChI=1S/C24H22ClF2N3O2/c25-17-9-16(10-18(26)12-17)8-15-4-6-28-23(11-15)30-7-5-20-21(2-1-3-22(20)30)24(32)29-13-19(27)14-31/h1-4,6,9-12,19,31H,5,7-8,13-14H2,(H,29,32)/t19-/m1/s1. The zero-order valence-electron chi connectivity index (χ0n) is 17.2. The molecular formula is C24H22ClF2N3O2. The van der Waals surface area contributed by atoms with Crippen LogP contribution < -0.4 is 10.2 Å². The number of alkyl halides is 1. The molecule has 1 aliphatic rings. The van der Waals surface area contributed by atoms with Gasteiger partial charge in [-0.2, -0.15) is 0 Å². The van der Waals surface area contributed by atoms with Gasteiger partial charge in [0.15, 0.2) is 0 Å². The SMILES string of the molecule is O=C(NC[C@@H](F)CO)c1cccc2c1CCN2c1cc(Cc2cc(F)cc(Cl)c2)ccn1. The summed E-state index contributed by atoms with van der Waals surface area (Å²) in [6.45, 7) is -0.231. The van der Waals surface area contributed by atoms with Crippen LogP contribution in [0.15, 0.2) is 54.7 Å². The van der Waals surface area contributed by atoms with E-state index in [0.717, 1.165) is 28.2 Å². The molecule has 8 heteroatoms. The molecule has 2 heterocycles. The van der Waals surface area contributed by atoms with Crippen molar-refractivity contribution in [3.05, 3.63) is 87.8 Å². The molecule has 0 spiro atoms. The molecule has 166 valence electrons. The van der Waals surface area contributed by atoms with E-state index < -0.39 is 12.8 Å². The summed E-state index contributed by atoms with van der Waals surface area (Å²) >= 11 is 5.97. The van der Waals surface area contributed by atoms with E-state index in [-0.39, 0.29) is 18.3 Å². The van der Waals surface area contributed by atoms with Crippen LogP contribution in [0.3, 0.4) is 0 Å². The summed E-state index contributed by atoms with van der Waals surface area (Å²) in [5.41, 5.74) is 3.95. The third-order valence-corrected chi connectivity index (χ3v) is 5.59. The lowest BCUT2D eigenvalue weighted by molar-refractivity contribution is 0.0927. The molecule has 1 amide bonds. The van der Waals surface area contributed by atoms with Crippen LogP contribution in [0.1, 0.15) is 27.0 Å². The van der Waals surface area contributed by atoms with Crippen molar-refractivity contribution in [1.82, 2.24) is 10.3 Å². The van der Waals surface area contributed by atoms with Gasteiger partial charge in [0.2, 0.25) is 0 Å². The lowest BCUT2D eigenvalue weighted by Gasteiger charge is -2.19. The number of hydrogen-bond acceptors (Lipinski definition) is 4. The Morgan fingerprint density at radius 1 is 1.22 bits per heavy atom. The van der Waals surface area contributed by atoms with E-state index in [2.05, 4.69) is 10.3 Å². The van der Waals surface area contributed by atoms with Gasteiger partial charge in [0.05, 0.1) is 13.2 Å². The summed E-state index contributed by atoms with van der Waals surface area (Å²) in [6, 6.07) is 13.7. The van der Waals surface area contributed by atoms with E-state index in [0.29, 0.717) is 30.0 Å². The maximum absolute atomic E-state index is 13.7. The van der Waals surface area contributed by atoms with Crippen molar-refractivity contribution in [2.45, 2.75) is 19.0 Å². The van der Waals surface area contributed by atoms with Gasteiger partial charge in [-0.05, 0) is 72.0 Å². The second-order valence-electron chi connectivity index (χ2n) is 7.67. The number of aliphatic hydroxyl groups excluding tert-OH is 1. The number of halogens is 3. The summed E-state index contributed by atoms with van der Waals surface area (Å²) < 4.78 is 27.0. The minimum absolute atomic E-state index is 0.240. The lowest BCUT2D eigenvalue weighted by Crippen LogP contribution is -2.32. The number of nitrogens with one attached hydrogen (secondary N) is 1. The Hall–Kier alpha value is -3.03. The Morgan fingerprint density at radius 2 is 2.06 bits per heavy atom. The summed E-state index contributed by atoms with van der Waals surface area (Å²) in [6.07, 6.45) is 1.36. The minimum Gasteiger partial charge on any atom is -0.393 e. The van der Waals surface area contributed by atoms with E-state index in [9.17, 15) is 13.6 Å². The summed E-state index contributed by atoms with van der Waals surface area (Å²) in [5.74, 6) is -0.0194. The van der Waals surface area contributed by atoms with Crippen LogP contribution >= 0.6 is 11.6 Å². The highest BCUT2D eigenvalue weighted by atomic mass is 35.5. The summed E-state index contributed by atoms with van der Waals surface area (Å²) in [7, 11) is 0. The normalized spacial score (nSPS) is 13.7. The van der Waals surface area contributed by atoms with Gasteiger partial charge >= 0.3 is 0 Å². The van der Waals surface area contributed by atoms with Gasteiger partial charge in [0.25, 0.3) is 5.91 Å². The zero-order chi connectivity index (χ0) is 22.7. The van der Waals surface area contributed by atoms with Gasteiger partial charge in [-0.3, -0.25) is 4.79 Å². The molecule has 0 aliphatic carbocycles. The zero-order valence-corrected chi connectivity index (χ0v) is 17.9. The first-order chi connectivity index (χ1) is 15.4. The number of anilines is 2. The fraction of sp³-hybridized carbons (Fsp3) is 0.250. The highest BCUT2D eigenvalue weighted by Crippen LogP contribution is 2.36. The van der Waals surface area contributed by atoms with E-state index in [1.807, 2.05) is 23.1 Å². The van der Waals surface area contributed by atoms with Gasteiger partial charge in [-0.1, -0.05) is 17.7 Å². The van der Waals surface area contributed by atoms with Gasteiger partial charge < -0.3 is 15.3 Å². The van der Waals surface area contributed by atoms with Crippen molar-refractivity contribution < 1.29 is 18.7 Å². The quantitative estimate of drug-likeness (QED) is 0.557. The number of fused-ring (bicyclic) bond motifs is 1. The Labute approximate surface area is 189 Å².